The van der Waals surface area contributed by atoms with Gasteiger partial charge in [0.2, 0.25) is 5.91 Å². The van der Waals surface area contributed by atoms with Crippen molar-refractivity contribution in [1.82, 2.24) is 20.0 Å². The summed E-state index contributed by atoms with van der Waals surface area (Å²) >= 11 is 0. The Morgan fingerprint density at radius 2 is 2.03 bits per heavy atom. The average Bonchev–Trinajstić information content (AvgIpc) is 3.24. The van der Waals surface area contributed by atoms with Crippen molar-refractivity contribution in [2.75, 3.05) is 11.6 Å². The van der Waals surface area contributed by atoms with Crippen LogP contribution >= 0.6 is 0 Å². The number of halogens is 3. The monoisotopic (exact) mass is 403 g/mol. The Bertz CT molecular complexity index is 980. The zero-order valence-electron chi connectivity index (χ0n) is 15.9. The molecular weight excluding hydrogens is 383 g/mol. The van der Waals surface area contributed by atoms with E-state index < -0.39 is 29.5 Å². The van der Waals surface area contributed by atoms with Crippen LogP contribution in [0.5, 0.6) is 0 Å². The molecule has 1 N–H and O–H groups in total. The summed E-state index contributed by atoms with van der Waals surface area (Å²) in [5.41, 5.74) is 0.279. The van der Waals surface area contributed by atoms with Crippen LogP contribution in [0.25, 0.3) is 11.1 Å². The molecule has 1 aromatic carbocycles. The zero-order chi connectivity index (χ0) is 21.0. The second-order valence-corrected chi connectivity index (χ2v) is 6.40. The summed E-state index contributed by atoms with van der Waals surface area (Å²) in [6.45, 7) is 3.55. The zero-order valence-corrected chi connectivity index (χ0v) is 15.9. The van der Waals surface area contributed by atoms with E-state index in [9.17, 15) is 13.6 Å². The van der Waals surface area contributed by atoms with Crippen LogP contribution in [-0.4, -0.2) is 27.1 Å². The molecule has 29 heavy (non-hydrogen) atoms. The summed E-state index contributed by atoms with van der Waals surface area (Å²) in [4.78, 5) is 19.9. The van der Waals surface area contributed by atoms with Crippen molar-refractivity contribution < 1.29 is 18.0 Å². The number of nitrogens with one attached hydrogen (secondary N) is 1. The topological polar surface area (TPSA) is 63.1 Å². The highest BCUT2D eigenvalue weighted by Crippen LogP contribution is 2.34. The highest BCUT2D eigenvalue weighted by molar-refractivity contribution is 5.75. The lowest BCUT2D eigenvalue weighted by Gasteiger charge is -2.35. The van der Waals surface area contributed by atoms with E-state index in [1.165, 1.54) is 31.8 Å². The quantitative estimate of drug-likeness (QED) is 0.484. The summed E-state index contributed by atoms with van der Waals surface area (Å²) in [5.74, 6) is -4.76. The van der Waals surface area contributed by atoms with Gasteiger partial charge < -0.3 is 5.32 Å². The number of imidazole rings is 1. The molecule has 2 heterocycles. The molecule has 0 bridgehead atoms. The van der Waals surface area contributed by atoms with Crippen LogP contribution in [0.1, 0.15) is 32.0 Å². The predicted octanol–water partition coefficient (Wildman–Crippen LogP) is 3.55. The summed E-state index contributed by atoms with van der Waals surface area (Å²) in [7, 11) is 0. The molecule has 3 rings (SSSR count). The van der Waals surface area contributed by atoms with Gasteiger partial charge >= 0.3 is 0 Å². The maximum atomic E-state index is 15.1. The van der Waals surface area contributed by atoms with Gasteiger partial charge in [0, 0.05) is 49.4 Å². The van der Waals surface area contributed by atoms with Crippen molar-refractivity contribution in [2.45, 2.75) is 26.4 Å². The van der Waals surface area contributed by atoms with Gasteiger partial charge in [0.25, 0.3) is 0 Å². The molecule has 0 fully saturated rings. The molecular formula is C20H20F3N5O. The predicted molar refractivity (Wildman–Crippen MR) is 102 cm³/mol. The third-order valence-electron chi connectivity index (χ3n) is 4.32. The number of hydrogen-bond donors (Lipinski definition) is 1. The van der Waals surface area contributed by atoms with Crippen LogP contribution in [0.15, 0.2) is 49.3 Å². The number of amides is 1. The van der Waals surface area contributed by atoms with Gasteiger partial charge in [-0.25, -0.2) is 18.2 Å². The van der Waals surface area contributed by atoms with E-state index in [1.807, 2.05) is 6.92 Å². The number of benzene rings is 1. The molecule has 152 valence electrons. The van der Waals surface area contributed by atoms with Crippen molar-refractivity contribution in [2.24, 2.45) is 0 Å². The molecule has 0 radical (unpaired) electrons. The van der Waals surface area contributed by atoms with E-state index in [-0.39, 0.29) is 11.1 Å². The molecule has 0 saturated heterocycles. The van der Waals surface area contributed by atoms with Gasteiger partial charge in [0.1, 0.15) is 12.5 Å². The maximum Gasteiger partial charge on any atom is 0.218 e. The van der Waals surface area contributed by atoms with E-state index in [0.717, 1.165) is 6.07 Å². The Kier molecular flexibility index (Phi) is 6.16. The van der Waals surface area contributed by atoms with Crippen LogP contribution in [-0.2, 0) is 4.79 Å². The average molecular weight is 403 g/mol. The second-order valence-electron chi connectivity index (χ2n) is 6.40. The first-order valence-corrected chi connectivity index (χ1v) is 9.03. The number of carbonyl (C=O) groups is 1. The van der Waals surface area contributed by atoms with Gasteiger partial charge in [-0.1, -0.05) is 13.0 Å². The Morgan fingerprint density at radius 3 is 2.62 bits per heavy atom. The molecule has 2 aromatic heterocycles. The van der Waals surface area contributed by atoms with Gasteiger partial charge in [-0.15, -0.1) is 0 Å². The minimum Gasteiger partial charge on any atom is -0.331 e. The van der Waals surface area contributed by atoms with E-state index >= 15 is 4.39 Å². The first-order valence-electron chi connectivity index (χ1n) is 9.03. The molecule has 9 heteroatoms. The lowest BCUT2D eigenvalue weighted by atomic mass is 9.97. The van der Waals surface area contributed by atoms with Crippen LogP contribution < -0.4 is 10.3 Å². The van der Waals surface area contributed by atoms with E-state index in [0.29, 0.717) is 18.5 Å². The summed E-state index contributed by atoms with van der Waals surface area (Å²) in [6, 6.07) is 4.12. The molecule has 3 aromatic rings. The number of hydrogen-bond acceptors (Lipinski definition) is 4. The van der Waals surface area contributed by atoms with Crippen LogP contribution in [0, 0.1) is 17.5 Å². The van der Waals surface area contributed by atoms with Crippen molar-refractivity contribution in [3.05, 3.63) is 72.3 Å². The largest absolute Gasteiger partial charge is 0.331 e. The lowest BCUT2D eigenvalue weighted by Crippen LogP contribution is -2.47. The van der Waals surface area contributed by atoms with Crippen LogP contribution in [0.2, 0.25) is 0 Å². The Balaban J connectivity index is 2.27. The molecule has 1 atom stereocenters. The fourth-order valence-corrected chi connectivity index (χ4v) is 3.14. The molecule has 0 spiro atoms. The van der Waals surface area contributed by atoms with E-state index in [1.54, 1.807) is 28.0 Å². The minimum absolute atomic E-state index is 0.0921. The van der Waals surface area contributed by atoms with Crippen molar-refractivity contribution in [1.29, 1.82) is 0 Å². The first kappa shape index (κ1) is 20.4. The highest BCUT2D eigenvalue weighted by Gasteiger charge is 2.31. The lowest BCUT2D eigenvalue weighted by molar-refractivity contribution is -0.119. The fourth-order valence-electron chi connectivity index (χ4n) is 3.14. The number of pyridine rings is 1. The Morgan fingerprint density at radius 1 is 1.24 bits per heavy atom. The first-order chi connectivity index (χ1) is 13.9. The smallest absolute Gasteiger partial charge is 0.218 e. The molecule has 1 unspecified atom stereocenters. The van der Waals surface area contributed by atoms with Crippen molar-refractivity contribution >= 4 is 5.91 Å². The fraction of sp³-hybridized carbons (Fsp3) is 0.250. The number of nitrogens with zero attached hydrogens (tertiary/aromatic N) is 4. The molecule has 0 aliphatic rings. The Labute approximate surface area is 166 Å². The number of rotatable bonds is 7. The Hall–Kier alpha value is -3.36. The van der Waals surface area contributed by atoms with Crippen molar-refractivity contribution in [3.63, 3.8) is 0 Å². The normalized spacial score (nSPS) is 11.9. The van der Waals surface area contributed by atoms with Crippen molar-refractivity contribution in [3.8, 4) is 11.1 Å². The van der Waals surface area contributed by atoms with Gasteiger partial charge in [-0.2, -0.15) is 0 Å². The summed E-state index contributed by atoms with van der Waals surface area (Å²) in [6.07, 6.45) is 7.07. The molecule has 0 saturated carbocycles. The van der Waals surface area contributed by atoms with Gasteiger partial charge in [0.15, 0.2) is 17.5 Å². The van der Waals surface area contributed by atoms with Crippen LogP contribution in [0.3, 0.4) is 0 Å². The summed E-state index contributed by atoms with van der Waals surface area (Å²) < 4.78 is 45.0. The summed E-state index contributed by atoms with van der Waals surface area (Å²) in [5, 5.41) is 4.27. The molecule has 6 nitrogen and oxygen atoms in total. The molecule has 0 aliphatic heterocycles. The number of aromatic nitrogens is 3. The second kappa shape index (κ2) is 8.76. The van der Waals surface area contributed by atoms with Crippen LogP contribution in [0.4, 0.5) is 13.2 Å². The standard InChI is InChI=1S/C20H20F3N5O/c1-3-8-28(27-9-7-25-12-27)20(26-13(2)29)17-15(14-5-4-6-24-11-14)10-16(21)18(22)19(17)23/h4-7,9-12,20H,3,8H2,1-2H3,(H,26,29). The minimum atomic E-state index is -1.61. The van der Waals surface area contributed by atoms with E-state index in [2.05, 4.69) is 15.3 Å². The van der Waals surface area contributed by atoms with Gasteiger partial charge in [0.05, 0.1) is 0 Å². The molecule has 1 amide bonds. The van der Waals surface area contributed by atoms with Gasteiger partial charge in [-0.3, -0.25) is 19.5 Å². The van der Waals surface area contributed by atoms with E-state index in [4.69, 9.17) is 0 Å². The third-order valence-corrected chi connectivity index (χ3v) is 4.32. The highest BCUT2D eigenvalue weighted by atomic mass is 19.2. The van der Waals surface area contributed by atoms with Gasteiger partial charge in [-0.05, 0) is 24.1 Å². The number of carbonyl (C=O) groups excluding carboxylic acids is 1. The maximum absolute atomic E-state index is 15.1. The third kappa shape index (κ3) is 4.23. The molecule has 0 aliphatic carbocycles. The SMILES string of the molecule is CCCN(C(NC(C)=O)c1c(-c2cccnc2)cc(F)c(F)c1F)n1ccnc1.